The zero-order valence-corrected chi connectivity index (χ0v) is 6.50. The fourth-order valence-corrected chi connectivity index (χ4v) is 1.15. The van der Waals surface area contributed by atoms with Crippen molar-refractivity contribution in [3.63, 3.8) is 0 Å². The van der Waals surface area contributed by atoms with Crippen LogP contribution in [0.1, 0.15) is 13.8 Å². The average Bonchev–Trinajstić information content (AvgIpc) is 2.15. The molecule has 0 unspecified atom stereocenters. The third-order valence-electron chi connectivity index (χ3n) is 1.64. The van der Waals surface area contributed by atoms with Gasteiger partial charge in [-0.25, -0.2) is 0 Å². The summed E-state index contributed by atoms with van der Waals surface area (Å²) in [7, 11) is 0. The van der Waals surface area contributed by atoms with E-state index >= 15 is 0 Å². The molecule has 0 radical (unpaired) electrons. The third kappa shape index (κ3) is 1.82. The third-order valence-corrected chi connectivity index (χ3v) is 1.64. The van der Waals surface area contributed by atoms with Crippen LogP contribution in [-0.2, 0) is 4.74 Å². The van der Waals surface area contributed by atoms with Gasteiger partial charge in [-0.2, -0.15) is 0 Å². The van der Waals surface area contributed by atoms with Crippen molar-refractivity contribution in [1.29, 1.82) is 0 Å². The van der Waals surface area contributed by atoms with Crippen molar-refractivity contribution >= 4 is 0 Å². The van der Waals surface area contributed by atoms with Crippen molar-refractivity contribution in [3.8, 4) is 0 Å². The maximum Gasteiger partial charge on any atom is 0.0858 e. The molecular weight excluding hydrogens is 128 g/mol. The van der Waals surface area contributed by atoms with Crippen LogP contribution in [0.2, 0.25) is 0 Å². The number of ether oxygens (including phenoxy) is 1. The lowest BCUT2D eigenvalue weighted by molar-refractivity contribution is 0.123. The quantitative estimate of drug-likeness (QED) is 0.552. The first-order valence-electron chi connectivity index (χ1n) is 3.61. The van der Waals surface area contributed by atoms with E-state index in [1.165, 1.54) is 5.57 Å². The Morgan fingerprint density at radius 2 is 2.20 bits per heavy atom. The van der Waals surface area contributed by atoms with E-state index in [0.717, 1.165) is 0 Å². The van der Waals surface area contributed by atoms with Gasteiger partial charge in [-0.3, -0.25) is 0 Å². The Morgan fingerprint density at radius 1 is 1.50 bits per heavy atom. The molecule has 0 bridgehead atoms. The lowest BCUT2D eigenvalue weighted by atomic mass is 10.0. The Kier molecular flexibility index (Phi) is 2.46. The summed E-state index contributed by atoms with van der Waals surface area (Å²) < 4.78 is 5.08. The number of hydrogen-bond acceptors (Lipinski definition) is 2. The summed E-state index contributed by atoms with van der Waals surface area (Å²) in [6, 6.07) is 0. The minimum atomic E-state index is -0.283. The highest BCUT2D eigenvalue weighted by Gasteiger charge is 2.23. The van der Waals surface area contributed by atoms with Crippen LogP contribution in [0, 0.1) is 5.92 Å². The largest absolute Gasteiger partial charge is 0.390 e. The molecule has 0 amide bonds. The van der Waals surface area contributed by atoms with E-state index in [4.69, 9.17) is 4.74 Å². The molecular formula is C8H14O2. The topological polar surface area (TPSA) is 29.5 Å². The maximum absolute atomic E-state index is 9.27. The zero-order valence-electron chi connectivity index (χ0n) is 6.50. The normalized spacial score (nSPS) is 32.3. The number of allylic oxidation sites excluding steroid dienone is 1. The molecule has 0 saturated carbocycles. The molecule has 0 aromatic heterocycles. The van der Waals surface area contributed by atoms with Crippen LogP contribution >= 0.6 is 0 Å². The molecule has 0 aromatic carbocycles. The molecule has 0 spiro atoms. The molecule has 1 fully saturated rings. The predicted octanol–water partition coefficient (Wildman–Crippen LogP) is 0.960. The Hall–Kier alpha value is -0.340. The summed E-state index contributed by atoms with van der Waals surface area (Å²) in [4.78, 5) is 0. The maximum atomic E-state index is 9.27. The van der Waals surface area contributed by atoms with Crippen LogP contribution < -0.4 is 0 Å². The van der Waals surface area contributed by atoms with Gasteiger partial charge < -0.3 is 9.84 Å². The lowest BCUT2D eigenvalue weighted by Crippen LogP contribution is -2.15. The molecule has 1 saturated heterocycles. The van der Waals surface area contributed by atoms with Gasteiger partial charge in [0.1, 0.15) is 0 Å². The van der Waals surface area contributed by atoms with Crippen molar-refractivity contribution in [1.82, 2.24) is 0 Å². The fourth-order valence-electron chi connectivity index (χ4n) is 1.15. The van der Waals surface area contributed by atoms with Crippen molar-refractivity contribution in [3.05, 3.63) is 11.6 Å². The molecule has 2 nitrogen and oxygen atoms in total. The molecule has 1 aliphatic heterocycles. The van der Waals surface area contributed by atoms with Crippen LogP contribution in [0.25, 0.3) is 0 Å². The van der Waals surface area contributed by atoms with Gasteiger partial charge in [0, 0.05) is 5.92 Å². The van der Waals surface area contributed by atoms with E-state index in [-0.39, 0.29) is 12.0 Å². The van der Waals surface area contributed by atoms with E-state index in [9.17, 15) is 5.11 Å². The van der Waals surface area contributed by atoms with Crippen molar-refractivity contribution < 1.29 is 9.84 Å². The van der Waals surface area contributed by atoms with E-state index in [2.05, 4.69) is 6.08 Å². The first-order chi connectivity index (χ1) is 4.70. The molecule has 2 atom stereocenters. The highest BCUT2D eigenvalue weighted by molar-refractivity contribution is 5.01. The first kappa shape index (κ1) is 7.76. The molecule has 1 aliphatic rings. The smallest absolute Gasteiger partial charge is 0.0858 e. The molecule has 0 aliphatic carbocycles. The minimum Gasteiger partial charge on any atom is -0.390 e. The van der Waals surface area contributed by atoms with Crippen molar-refractivity contribution in [2.24, 2.45) is 5.92 Å². The van der Waals surface area contributed by atoms with Crippen LogP contribution in [-0.4, -0.2) is 24.4 Å². The van der Waals surface area contributed by atoms with E-state index < -0.39 is 0 Å². The van der Waals surface area contributed by atoms with Gasteiger partial charge in [0.25, 0.3) is 0 Å². The van der Waals surface area contributed by atoms with Gasteiger partial charge in [-0.1, -0.05) is 11.6 Å². The molecule has 2 heteroatoms. The Bertz CT molecular complexity index is 136. The summed E-state index contributed by atoms with van der Waals surface area (Å²) in [5.74, 6) is 0.227. The van der Waals surface area contributed by atoms with Crippen LogP contribution in [0.5, 0.6) is 0 Å². The van der Waals surface area contributed by atoms with Gasteiger partial charge in [0.2, 0.25) is 0 Å². The van der Waals surface area contributed by atoms with Gasteiger partial charge in [-0.15, -0.1) is 0 Å². The number of aliphatic hydroxyl groups is 1. The highest BCUT2D eigenvalue weighted by atomic mass is 16.5. The summed E-state index contributed by atoms with van der Waals surface area (Å²) >= 11 is 0. The lowest BCUT2D eigenvalue weighted by Gasteiger charge is -2.06. The Labute approximate surface area is 61.5 Å². The first-order valence-corrected chi connectivity index (χ1v) is 3.61. The molecule has 1 heterocycles. The van der Waals surface area contributed by atoms with Crippen LogP contribution in [0.3, 0.4) is 0 Å². The predicted molar refractivity (Wildman–Crippen MR) is 39.7 cm³/mol. The van der Waals surface area contributed by atoms with Gasteiger partial charge in [-0.05, 0) is 13.8 Å². The highest BCUT2D eigenvalue weighted by Crippen LogP contribution is 2.16. The van der Waals surface area contributed by atoms with Crippen molar-refractivity contribution in [2.75, 3.05) is 13.2 Å². The second-order valence-electron chi connectivity index (χ2n) is 3.01. The molecule has 0 aromatic rings. The van der Waals surface area contributed by atoms with Gasteiger partial charge in [0.05, 0.1) is 19.3 Å². The van der Waals surface area contributed by atoms with Crippen molar-refractivity contribution in [2.45, 2.75) is 20.0 Å². The van der Waals surface area contributed by atoms with Gasteiger partial charge in [0.15, 0.2) is 0 Å². The van der Waals surface area contributed by atoms with E-state index in [0.29, 0.717) is 13.2 Å². The molecule has 1 N–H and O–H groups in total. The van der Waals surface area contributed by atoms with Crippen LogP contribution in [0.4, 0.5) is 0 Å². The summed E-state index contributed by atoms with van der Waals surface area (Å²) in [6.07, 6.45) is 1.78. The number of hydrogen-bond donors (Lipinski definition) is 1. The minimum absolute atomic E-state index is 0.227. The van der Waals surface area contributed by atoms with Gasteiger partial charge >= 0.3 is 0 Å². The molecule has 58 valence electrons. The number of aliphatic hydroxyl groups excluding tert-OH is 1. The second-order valence-corrected chi connectivity index (χ2v) is 3.01. The SMILES string of the molecule is CC(C)=C[C@@H]1COC[C@H]1O. The fraction of sp³-hybridized carbons (Fsp3) is 0.750. The monoisotopic (exact) mass is 142 g/mol. The van der Waals surface area contributed by atoms with Crippen LogP contribution in [0.15, 0.2) is 11.6 Å². The summed E-state index contributed by atoms with van der Waals surface area (Å²) in [6.45, 7) is 5.23. The zero-order chi connectivity index (χ0) is 7.56. The second kappa shape index (κ2) is 3.17. The Balaban J connectivity index is 2.48. The molecule has 10 heavy (non-hydrogen) atoms. The summed E-state index contributed by atoms with van der Waals surface area (Å²) in [5.41, 5.74) is 1.24. The molecule has 1 rings (SSSR count). The summed E-state index contributed by atoms with van der Waals surface area (Å²) in [5, 5.41) is 9.27. The van der Waals surface area contributed by atoms with E-state index in [1.807, 2.05) is 13.8 Å². The standard InChI is InChI=1S/C8H14O2/c1-6(2)3-7-4-10-5-8(7)9/h3,7-9H,4-5H2,1-2H3/t7-,8-/m1/s1. The Morgan fingerprint density at radius 3 is 2.60 bits per heavy atom. The van der Waals surface area contributed by atoms with E-state index in [1.54, 1.807) is 0 Å². The number of rotatable bonds is 1. The average molecular weight is 142 g/mol.